The minimum absolute atomic E-state index is 0.342. The SMILES string of the molecule is [B]c1nc(-c2ccccc2)n[nH]1. The van der Waals surface area contributed by atoms with Gasteiger partial charge in [-0.2, -0.15) is 5.10 Å². The maximum absolute atomic E-state index is 5.39. The quantitative estimate of drug-likeness (QED) is 0.600. The third-order valence-electron chi connectivity index (χ3n) is 1.53. The molecule has 1 heterocycles. The Labute approximate surface area is 71.3 Å². The number of rotatable bonds is 1. The molecule has 2 rings (SSSR count). The van der Waals surface area contributed by atoms with Gasteiger partial charge in [0.25, 0.3) is 0 Å². The van der Waals surface area contributed by atoms with Gasteiger partial charge in [-0.3, -0.25) is 5.10 Å². The number of aromatic nitrogens is 3. The Balaban J connectivity index is 2.45. The van der Waals surface area contributed by atoms with E-state index in [2.05, 4.69) is 15.2 Å². The fourth-order valence-corrected chi connectivity index (χ4v) is 0.991. The van der Waals surface area contributed by atoms with E-state index >= 15 is 0 Å². The minimum Gasteiger partial charge on any atom is -0.273 e. The summed E-state index contributed by atoms with van der Waals surface area (Å²) < 4.78 is 0. The topological polar surface area (TPSA) is 41.6 Å². The van der Waals surface area contributed by atoms with Gasteiger partial charge in [0.1, 0.15) is 0 Å². The van der Waals surface area contributed by atoms with Gasteiger partial charge in [-0.1, -0.05) is 30.3 Å². The average Bonchev–Trinajstić information content (AvgIpc) is 2.54. The largest absolute Gasteiger partial charge is 0.273 e. The van der Waals surface area contributed by atoms with E-state index in [0.29, 0.717) is 11.5 Å². The third-order valence-corrected chi connectivity index (χ3v) is 1.53. The molecule has 12 heavy (non-hydrogen) atoms. The molecule has 0 saturated heterocycles. The second-order valence-electron chi connectivity index (χ2n) is 2.41. The summed E-state index contributed by atoms with van der Waals surface area (Å²) in [6.07, 6.45) is 0. The molecule has 0 aliphatic carbocycles. The fraction of sp³-hybridized carbons (Fsp3) is 0. The molecule has 1 N–H and O–H groups in total. The molecule has 0 atom stereocenters. The van der Waals surface area contributed by atoms with E-state index in [1.807, 2.05) is 30.3 Å². The lowest BCUT2D eigenvalue weighted by Crippen LogP contribution is -2.05. The maximum atomic E-state index is 5.39. The lowest BCUT2D eigenvalue weighted by atomic mass is 10.1. The standard InChI is InChI=1S/C8H6BN3/c9-8-10-7(11-12-8)6-4-2-1-3-5-6/h1-5H,(H,10,11,12). The lowest BCUT2D eigenvalue weighted by molar-refractivity contribution is 1.12. The van der Waals surface area contributed by atoms with Crippen molar-refractivity contribution in [3.8, 4) is 11.4 Å². The summed E-state index contributed by atoms with van der Waals surface area (Å²) in [4.78, 5) is 3.99. The van der Waals surface area contributed by atoms with Crippen molar-refractivity contribution in [3.05, 3.63) is 30.3 Å². The molecule has 0 fully saturated rings. The summed E-state index contributed by atoms with van der Waals surface area (Å²) in [5.74, 6) is 0.633. The van der Waals surface area contributed by atoms with Crippen LogP contribution in [-0.2, 0) is 0 Å². The van der Waals surface area contributed by atoms with Crippen molar-refractivity contribution < 1.29 is 0 Å². The van der Waals surface area contributed by atoms with Crippen molar-refractivity contribution >= 4 is 13.6 Å². The van der Waals surface area contributed by atoms with Gasteiger partial charge in [-0.25, -0.2) is 4.98 Å². The molecular formula is C8H6BN3. The van der Waals surface area contributed by atoms with Crippen molar-refractivity contribution in [2.45, 2.75) is 0 Å². The highest BCUT2D eigenvalue weighted by molar-refractivity contribution is 6.29. The van der Waals surface area contributed by atoms with Crippen LogP contribution in [-0.4, -0.2) is 23.0 Å². The number of nitrogens with one attached hydrogen (secondary N) is 1. The smallest absolute Gasteiger partial charge is 0.180 e. The molecule has 0 spiro atoms. The van der Waals surface area contributed by atoms with Crippen LogP contribution in [0.3, 0.4) is 0 Å². The first-order valence-electron chi connectivity index (χ1n) is 3.59. The van der Waals surface area contributed by atoms with Crippen LogP contribution >= 0.6 is 0 Å². The summed E-state index contributed by atoms with van der Waals surface area (Å²) in [5, 5.41) is 6.51. The number of hydrogen-bond donors (Lipinski definition) is 1. The van der Waals surface area contributed by atoms with Crippen LogP contribution in [0.5, 0.6) is 0 Å². The van der Waals surface area contributed by atoms with Crippen LogP contribution in [0, 0.1) is 0 Å². The molecule has 0 saturated carbocycles. The Morgan fingerprint density at radius 2 is 1.92 bits per heavy atom. The van der Waals surface area contributed by atoms with Gasteiger partial charge in [-0.05, 0) is 0 Å². The number of H-pyrrole nitrogens is 1. The molecule has 0 aliphatic heterocycles. The number of nitrogens with zero attached hydrogens (tertiary/aromatic N) is 2. The van der Waals surface area contributed by atoms with Crippen molar-refractivity contribution in [2.24, 2.45) is 0 Å². The normalized spacial score (nSPS) is 10.0. The lowest BCUT2D eigenvalue weighted by Gasteiger charge is -1.90. The molecule has 0 aliphatic rings. The fourth-order valence-electron chi connectivity index (χ4n) is 0.991. The van der Waals surface area contributed by atoms with Gasteiger partial charge in [0.05, 0.1) is 5.72 Å². The van der Waals surface area contributed by atoms with Crippen molar-refractivity contribution in [3.63, 3.8) is 0 Å². The second-order valence-corrected chi connectivity index (χ2v) is 2.41. The van der Waals surface area contributed by atoms with Gasteiger partial charge in [-0.15, -0.1) is 0 Å². The summed E-state index contributed by atoms with van der Waals surface area (Å²) in [7, 11) is 5.39. The molecule has 2 radical (unpaired) electrons. The van der Waals surface area contributed by atoms with Crippen molar-refractivity contribution in [1.29, 1.82) is 0 Å². The van der Waals surface area contributed by atoms with Crippen LogP contribution in [0.1, 0.15) is 0 Å². The predicted octanol–water partition coefficient (Wildman–Crippen LogP) is 0.265. The van der Waals surface area contributed by atoms with Crippen molar-refractivity contribution in [2.75, 3.05) is 0 Å². The molecular weight excluding hydrogens is 149 g/mol. The first-order chi connectivity index (χ1) is 5.86. The third kappa shape index (κ3) is 1.23. The van der Waals surface area contributed by atoms with E-state index in [1.165, 1.54) is 0 Å². The highest BCUT2D eigenvalue weighted by Gasteiger charge is 2.00. The zero-order valence-electron chi connectivity index (χ0n) is 6.36. The van der Waals surface area contributed by atoms with Gasteiger partial charge in [0, 0.05) is 5.56 Å². The summed E-state index contributed by atoms with van der Waals surface area (Å²) in [5.41, 5.74) is 1.30. The van der Waals surface area contributed by atoms with E-state index in [0.717, 1.165) is 5.56 Å². The molecule has 2 aromatic rings. The molecule has 1 aromatic carbocycles. The Morgan fingerprint density at radius 3 is 2.50 bits per heavy atom. The van der Waals surface area contributed by atoms with Crippen LogP contribution in [0.15, 0.2) is 30.3 Å². The molecule has 0 unspecified atom stereocenters. The van der Waals surface area contributed by atoms with Crippen LogP contribution in [0.4, 0.5) is 0 Å². The summed E-state index contributed by atoms with van der Waals surface area (Å²) >= 11 is 0. The number of benzene rings is 1. The molecule has 0 amide bonds. The Morgan fingerprint density at radius 1 is 1.17 bits per heavy atom. The van der Waals surface area contributed by atoms with E-state index in [9.17, 15) is 0 Å². The number of aromatic amines is 1. The van der Waals surface area contributed by atoms with Crippen LogP contribution in [0.2, 0.25) is 0 Å². The van der Waals surface area contributed by atoms with Gasteiger partial charge < -0.3 is 0 Å². The molecule has 0 bridgehead atoms. The van der Waals surface area contributed by atoms with E-state index in [4.69, 9.17) is 7.85 Å². The van der Waals surface area contributed by atoms with Gasteiger partial charge in [0.15, 0.2) is 13.7 Å². The molecule has 4 heteroatoms. The van der Waals surface area contributed by atoms with E-state index in [1.54, 1.807) is 0 Å². The highest BCUT2D eigenvalue weighted by Crippen LogP contribution is 2.10. The highest BCUT2D eigenvalue weighted by atomic mass is 15.2. The Bertz CT molecular complexity index is 369. The van der Waals surface area contributed by atoms with Gasteiger partial charge >= 0.3 is 0 Å². The molecule has 1 aromatic heterocycles. The van der Waals surface area contributed by atoms with Crippen LogP contribution in [0.25, 0.3) is 11.4 Å². The predicted molar refractivity (Wildman–Crippen MR) is 47.2 cm³/mol. The first kappa shape index (κ1) is 7.09. The number of hydrogen-bond acceptors (Lipinski definition) is 2. The zero-order valence-corrected chi connectivity index (χ0v) is 6.36. The van der Waals surface area contributed by atoms with Crippen molar-refractivity contribution in [1.82, 2.24) is 15.2 Å². The Kier molecular flexibility index (Phi) is 1.66. The van der Waals surface area contributed by atoms with Crippen LogP contribution < -0.4 is 5.72 Å². The molecule has 3 nitrogen and oxygen atoms in total. The summed E-state index contributed by atoms with van der Waals surface area (Å²) in [6.45, 7) is 0. The van der Waals surface area contributed by atoms with E-state index in [-0.39, 0.29) is 0 Å². The maximum Gasteiger partial charge on any atom is 0.180 e. The molecule has 56 valence electrons. The van der Waals surface area contributed by atoms with Gasteiger partial charge in [0.2, 0.25) is 0 Å². The second kappa shape index (κ2) is 2.81. The first-order valence-corrected chi connectivity index (χ1v) is 3.59. The monoisotopic (exact) mass is 155 g/mol. The zero-order chi connectivity index (χ0) is 8.39. The minimum atomic E-state index is 0.342. The Hall–Kier alpha value is -1.58. The average molecular weight is 155 g/mol. The van der Waals surface area contributed by atoms with E-state index < -0.39 is 0 Å². The summed E-state index contributed by atoms with van der Waals surface area (Å²) in [6, 6.07) is 9.68.